The Morgan fingerprint density at radius 3 is 2.86 bits per heavy atom. The van der Waals surface area contributed by atoms with Crippen molar-refractivity contribution in [2.75, 3.05) is 0 Å². The zero-order chi connectivity index (χ0) is 10.4. The summed E-state index contributed by atoms with van der Waals surface area (Å²) in [7, 11) is 0. The molecule has 1 amide bonds. The summed E-state index contributed by atoms with van der Waals surface area (Å²) in [5.74, 6) is -0.646. The standard InChI is InChI=1S/C9H6ClN3O/c10-8-4-2-1-3-7(8)5-6-9(14)12-13-11/h1-6H. The van der Waals surface area contributed by atoms with Crippen LogP contribution < -0.4 is 0 Å². The van der Waals surface area contributed by atoms with Gasteiger partial charge in [-0.05, 0) is 34.4 Å². The van der Waals surface area contributed by atoms with Crippen molar-refractivity contribution in [2.45, 2.75) is 0 Å². The van der Waals surface area contributed by atoms with Gasteiger partial charge in [0.05, 0.1) is 0 Å². The van der Waals surface area contributed by atoms with E-state index in [2.05, 4.69) is 10.0 Å². The number of rotatable bonds is 2. The summed E-state index contributed by atoms with van der Waals surface area (Å²) in [5, 5.41) is 3.42. The zero-order valence-corrected chi connectivity index (χ0v) is 7.85. The molecular formula is C9H6ClN3O. The lowest BCUT2D eigenvalue weighted by Crippen LogP contribution is -1.82. The molecule has 1 aromatic carbocycles. The van der Waals surface area contributed by atoms with Crippen LogP contribution in [0.4, 0.5) is 0 Å². The predicted octanol–water partition coefficient (Wildman–Crippen LogP) is 3.19. The van der Waals surface area contributed by atoms with Gasteiger partial charge in [-0.25, -0.2) is 0 Å². The van der Waals surface area contributed by atoms with Crippen molar-refractivity contribution >= 4 is 23.6 Å². The van der Waals surface area contributed by atoms with Crippen molar-refractivity contribution in [1.29, 1.82) is 0 Å². The topological polar surface area (TPSA) is 65.8 Å². The van der Waals surface area contributed by atoms with Crippen LogP contribution in [0.3, 0.4) is 0 Å². The van der Waals surface area contributed by atoms with E-state index >= 15 is 0 Å². The number of benzene rings is 1. The van der Waals surface area contributed by atoms with Gasteiger partial charge < -0.3 is 0 Å². The largest absolute Gasteiger partial charge is 0.288 e. The van der Waals surface area contributed by atoms with Crippen molar-refractivity contribution in [3.8, 4) is 0 Å². The average molecular weight is 208 g/mol. The van der Waals surface area contributed by atoms with E-state index in [4.69, 9.17) is 17.1 Å². The molecule has 0 aliphatic rings. The third-order valence-electron chi connectivity index (χ3n) is 1.45. The van der Waals surface area contributed by atoms with Gasteiger partial charge in [-0.1, -0.05) is 29.8 Å². The Morgan fingerprint density at radius 2 is 2.21 bits per heavy atom. The van der Waals surface area contributed by atoms with Crippen LogP contribution >= 0.6 is 11.6 Å². The Balaban J connectivity index is 2.83. The maximum absolute atomic E-state index is 10.8. The number of carbonyl (C=O) groups excluding carboxylic acids is 1. The van der Waals surface area contributed by atoms with Crippen LogP contribution in [0, 0.1) is 0 Å². The second-order valence-corrected chi connectivity index (χ2v) is 2.79. The molecule has 0 aromatic heterocycles. The van der Waals surface area contributed by atoms with Crippen molar-refractivity contribution in [1.82, 2.24) is 0 Å². The summed E-state index contributed by atoms with van der Waals surface area (Å²) in [4.78, 5) is 13.1. The molecule has 0 saturated heterocycles. The van der Waals surface area contributed by atoms with E-state index in [0.717, 1.165) is 0 Å². The number of amides is 1. The molecule has 1 rings (SSSR count). The number of azide groups is 1. The van der Waals surface area contributed by atoms with Crippen LogP contribution in [0.5, 0.6) is 0 Å². The van der Waals surface area contributed by atoms with Crippen LogP contribution in [0.25, 0.3) is 16.5 Å². The Kier molecular flexibility index (Phi) is 3.73. The number of hydrogen-bond donors (Lipinski definition) is 0. The minimum absolute atomic E-state index is 0.539. The molecule has 0 atom stereocenters. The molecule has 0 N–H and O–H groups in total. The van der Waals surface area contributed by atoms with E-state index in [9.17, 15) is 4.79 Å². The second kappa shape index (κ2) is 5.07. The van der Waals surface area contributed by atoms with Gasteiger partial charge in [0.15, 0.2) is 0 Å². The zero-order valence-electron chi connectivity index (χ0n) is 7.09. The average Bonchev–Trinajstić information content (AvgIpc) is 2.17. The molecular weight excluding hydrogens is 202 g/mol. The van der Waals surface area contributed by atoms with E-state index in [1.165, 1.54) is 12.2 Å². The Morgan fingerprint density at radius 1 is 1.50 bits per heavy atom. The number of nitrogens with zero attached hydrogens (tertiary/aromatic N) is 3. The van der Waals surface area contributed by atoms with Gasteiger partial charge in [-0.2, -0.15) is 0 Å². The van der Waals surface area contributed by atoms with Gasteiger partial charge in [-0.3, -0.25) is 4.79 Å². The van der Waals surface area contributed by atoms with Gasteiger partial charge in [-0.15, -0.1) is 0 Å². The lowest BCUT2D eigenvalue weighted by molar-refractivity contribution is -0.113. The third kappa shape index (κ3) is 2.94. The van der Waals surface area contributed by atoms with Crippen LogP contribution in [0.1, 0.15) is 5.56 Å². The highest BCUT2D eigenvalue weighted by Crippen LogP contribution is 2.16. The van der Waals surface area contributed by atoms with Gasteiger partial charge >= 0.3 is 0 Å². The first-order valence-corrected chi connectivity index (χ1v) is 4.13. The molecule has 0 spiro atoms. The van der Waals surface area contributed by atoms with E-state index in [0.29, 0.717) is 10.6 Å². The first-order valence-electron chi connectivity index (χ1n) is 3.75. The highest BCUT2D eigenvalue weighted by atomic mass is 35.5. The van der Waals surface area contributed by atoms with Crippen molar-refractivity contribution in [2.24, 2.45) is 5.11 Å². The summed E-state index contributed by atoms with van der Waals surface area (Å²) < 4.78 is 0. The SMILES string of the molecule is [N-]=[N+]=NC(=O)C=Cc1ccccc1Cl. The second-order valence-electron chi connectivity index (χ2n) is 2.38. The fourth-order valence-corrected chi connectivity index (χ4v) is 1.05. The normalized spacial score (nSPS) is 9.79. The Bertz CT molecular complexity index is 422. The van der Waals surface area contributed by atoms with E-state index < -0.39 is 5.91 Å². The molecule has 14 heavy (non-hydrogen) atoms. The minimum Gasteiger partial charge on any atom is -0.288 e. The van der Waals surface area contributed by atoms with Crippen LogP contribution in [0.2, 0.25) is 5.02 Å². The summed E-state index contributed by atoms with van der Waals surface area (Å²) in [6.07, 6.45) is 2.67. The summed E-state index contributed by atoms with van der Waals surface area (Å²) in [6.45, 7) is 0. The van der Waals surface area contributed by atoms with Crippen molar-refractivity contribution in [3.63, 3.8) is 0 Å². The van der Waals surface area contributed by atoms with E-state index in [1.807, 2.05) is 0 Å². The first-order chi connectivity index (χ1) is 6.74. The predicted molar refractivity (Wildman–Crippen MR) is 54.6 cm³/mol. The quantitative estimate of drug-likeness (QED) is 0.318. The molecule has 1 aromatic rings. The highest BCUT2D eigenvalue weighted by molar-refractivity contribution is 6.32. The fraction of sp³-hybridized carbons (Fsp3) is 0. The molecule has 0 aliphatic carbocycles. The molecule has 0 aliphatic heterocycles. The molecule has 5 heteroatoms. The molecule has 0 heterocycles. The molecule has 0 bridgehead atoms. The minimum atomic E-state index is -0.646. The molecule has 0 unspecified atom stereocenters. The number of hydrogen-bond acceptors (Lipinski definition) is 1. The maximum atomic E-state index is 10.8. The van der Waals surface area contributed by atoms with E-state index in [1.54, 1.807) is 24.3 Å². The van der Waals surface area contributed by atoms with Crippen LogP contribution in [-0.2, 0) is 4.79 Å². The summed E-state index contributed by atoms with van der Waals surface area (Å²) in [6, 6.07) is 7.04. The van der Waals surface area contributed by atoms with Crippen LogP contribution in [0.15, 0.2) is 35.5 Å². The van der Waals surface area contributed by atoms with E-state index in [-0.39, 0.29) is 0 Å². The first kappa shape index (κ1) is 10.3. The summed E-state index contributed by atoms with van der Waals surface area (Å²) >= 11 is 5.82. The van der Waals surface area contributed by atoms with Crippen LogP contribution in [-0.4, -0.2) is 5.91 Å². The van der Waals surface area contributed by atoms with Gasteiger partial charge in [0.1, 0.15) is 0 Å². The lowest BCUT2D eigenvalue weighted by atomic mass is 10.2. The Hall–Kier alpha value is -1.77. The maximum Gasteiger partial charge on any atom is 0.242 e. The molecule has 70 valence electrons. The fourth-order valence-electron chi connectivity index (χ4n) is 0.849. The molecule has 0 saturated carbocycles. The smallest absolute Gasteiger partial charge is 0.242 e. The van der Waals surface area contributed by atoms with Gasteiger partial charge in [0, 0.05) is 9.93 Å². The molecule has 4 nitrogen and oxygen atoms in total. The number of halogens is 1. The van der Waals surface area contributed by atoms with Gasteiger partial charge in [0.25, 0.3) is 0 Å². The monoisotopic (exact) mass is 207 g/mol. The number of carbonyl (C=O) groups is 1. The van der Waals surface area contributed by atoms with Crippen molar-refractivity contribution < 1.29 is 4.79 Å². The summed E-state index contributed by atoms with van der Waals surface area (Å²) in [5.41, 5.74) is 8.67. The molecule has 0 radical (unpaired) electrons. The third-order valence-corrected chi connectivity index (χ3v) is 1.80. The van der Waals surface area contributed by atoms with Crippen molar-refractivity contribution in [3.05, 3.63) is 51.4 Å². The molecule has 0 fully saturated rings. The Labute approximate surface area is 85.4 Å². The lowest BCUT2D eigenvalue weighted by Gasteiger charge is -1.94. The van der Waals surface area contributed by atoms with Gasteiger partial charge in [0.2, 0.25) is 5.91 Å². The highest BCUT2D eigenvalue weighted by Gasteiger charge is 1.94.